The number of Topliss-reactive ketones (excluding diaryl/α,β-unsaturated/α-hetero) is 1. The Hall–Kier alpha value is -1.91. The molecular weight excluding hydrogens is 252 g/mol. The van der Waals surface area contributed by atoms with Crippen molar-refractivity contribution in [2.75, 3.05) is 0 Å². The zero-order valence-corrected chi connectivity index (χ0v) is 12.8. The first-order valence-electron chi connectivity index (χ1n) is 7.01. The third-order valence-electron chi connectivity index (χ3n) is 3.84. The van der Waals surface area contributed by atoms with Crippen LogP contribution in [0.3, 0.4) is 0 Å². The topological polar surface area (TPSA) is 52.7 Å². The van der Waals surface area contributed by atoms with Crippen molar-refractivity contribution in [2.24, 2.45) is 7.05 Å². The van der Waals surface area contributed by atoms with Crippen LogP contribution in [-0.2, 0) is 13.5 Å². The Labute approximate surface area is 119 Å². The Morgan fingerprint density at radius 2 is 2.05 bits per heavy atom. The molecule has 0 N–H and O–H groups in total. The van der Waals surface area contributed by atoms with Gasteiger partial charge < -0.3 is 0 Å². The SMILES string of the molecule is CCC(C)n1ccc(CC(=O)c2c(C)nn(C)c2C)n1. The summed E-state index contributed by atoms with van der Waals surface area (Å²) in [5.41, 5.74) is 3.24. The van der Waals surface area contributed by atoms with Gasteiger partial charge in [-0.1, -0.05) is 6.92 Å². The van der Waals surface area contributed by atoms with Crippen molar-refractivity contribution in [3.8, 4) is 0 Å². The van der Waals surface area contributed by atoms with Crippen LogP contribution in [0, 0.1) is 13.8 Å². The molecule has 5 nitrogen and oxygen atoms in total. The second-order valence-electron chi connectivity index (χ2n) is 5.31. The minimum Gasteiger partial charge on any atom is -0.294 e. The van der Waals surface area contributed by atoms with E-state index in [9.17, 15) is 4.79 Å². The summed E-state index contributed by atoms with van der Waals surface area (Å²) in [6.07, 6.45) is 3.30. The van der Waals surface area contributed by atoms with Gasteiger partial charge in [0.05, 0.1) is 23.4 Å². The van der Waals surface area contributed by atoms with Gasteiger partial charge in [0.15, 0.2) is 5.78 Å². The van der Waals surface area contributed by atoms with Crippen LogP contribution >= 0.6 is 0 Å². The molecule has 1 atom stereocenters. The van der Waals surface area contributed by atoms with Crippen LogP contribution in [0.2, 0.25) is 0 Å². The summed E-state index contributed by atoms with van der Waals surface area (Å²) in [5, 5.41) is 8.77. The van der Waals surface area contributed by atoms with Gasteiger partial charge in [-0.25, -0.2) is 0 Å². The van der Waals surface area contributed by atoms with Crippen LogP contribution in [0.15, 0.2) is 12.3 Å². The first-order chi connectivity index (χ1) is 9.43. The fourth-order valence-corrected chi connectivity index (χ4v) is 2.33. The van der Waals surface area contributed by atoms with E-state index in [0.29, 0.717) is 12.5 Å². The molecule has 2 rings (SSSR count). The fraction of sp³-hybridized carbons (Fsp3) is 0.533. The molecule has 0 aliphatic carbocycles. The van der Waals surface area contributed by atoms with E-state index in [2.05, 4.69) is 24.0 Å². The maximum absolute atomic E-state index is 12.4. The molecule has 20 heavy (non-hydrogen) atoms. The van der Waals surface area contributed by atoms with Crippen LogP contribution in [-0.4, -0.2) is 25.3 Å². The molecular formula is C15H22N4O. The summed E-state index contributed by atoms with van der Waals surface area (Å²) >= 11 is 0. The van der Waals surface area contributed by atoms with Gasteiger partial charge in [-0.2, -0.15) is 10.2 Å². The Bertz CT molecular complexity index is 624. The van der Waals surface area contributed by atoms with Crippen molar-refractivity contribution in [1.29, 1.82) is 0 Å². The Balaban J connectivity index is 2.17. The molecule has 2 heterocycles. The standard InChI is InChI=1S/C15H22N4O/c1-6-10(2)19-8-7-13(17-19)9-14(20)15-11(3)16-18(5)12(15)4/h7-8,10H,6,9H2,1-5H3. The Morgan fingerprint density at radius 3 is 2.60 bits per heavy atom. The third-order valence-corrected chi connectivity index (χ3v) is 3.84. The van der Waals surface area contributed by atoms with Crippen molar-refractivity contribution in [1.82, 2.24) is 19.6 Å². The van der Waals surface area contributed by atoms with Gasteiger partial charge in [0, 0.05) is 25.0 Å². The molecule has 2 aromatic heterocycles. The lowest BCUT2D eigenvalue weighted by Gasteiger charge is -2.08. The van der Waals surface area contributed by atoms with Gasteiger partial charge in [-0.15, -0.1) is 0 Å². The molecule has 0 aromatic carbocycles. The largest absolute Gasteiger partial charge is 0.294 e. The molecule has 0 saturated heterocycles. The van der Waals surface area contributed by atoms with Gasteiger partial charge in [-0.3, -0.25) is 14.2 Å². The van der Waals surface area contributed by atoms with E-state index in [1.165, 1.54) is 0 Å². The monoisotopic (exact) mass is 274 g/mol. The average molecular weight is 274 g/mol. The van der Waals surface area contributed by atoms with E-state index in [0.717, 1.165) is 29.1 Å². The Kier molecular flexibility index (Phi) is 4.06. The van der Waals surface area contributed by atoms with E-state index in [-0.39, 0.29) is 5.78 Å². The van der Waals surface area contributed by atoms with Crippen molar-refractivity contribution >= 4 is 5.78 Å². The first kappa shape index (κ1) is 14.5. The third kappa shape index (κ3) is 2.66. The number of carbonyl (C=O) groups excluding carboxylic acids is 1. The van der Waals surface area contributed by atoms with Crippen molar-refractivity contribution in [3.05, 3.63) is 34.9 Å². The zero-order valence-electron chi connectivity index (χ0n) is 12.8. The number of aryl methyl sites for hydroxylation is 2. The predicted molar refractivity (Wildman–Crippen MR) is 77.9 cm³/mol. The van der Waals surface area contributed by atoms with Crippen molar-refractivity contribution in [2.45, 2.75) is 46.6 Å². The van der Waals surface area contributed by atoms with E-state index >= 15 is 0 Å². The highest BCUT2D eigenvalue weighted by Crippen LogP contribution is 2.16. The van der Waals surface area contributed by atoms with Crippen LogP contribution in [0.5, 0.6) is 0 Å². The molecule has 0 fully saturated rings. The molecule has 0 spiro atoms. The lowest BCUT2D eigenvalue weighted by atomic mass is 10.1. The molecule has 0 amide bonds. The summed E-state index contributed by atoms with van der Waals surface area (Å²) in [6, 6.07) is 2.28. The second-order valence-corrected chi connectivity index (χ2v) is 5.31. The van der Waals surface area contributed by atoms with Gasteiger partial charge in [-0.05, 0) is 33.3 Å². The van der Waals surface area contributed by atoms with Crippen molar-refractivity contribution in [3.63, 3.8) is 0 Å². The predicted octanol–water partition coefficient (Wildman–Crippen LogP) is 2.63. The van der Waals surface area contributed by atoms with Crippen LogP contribution in [0.4, 0.5) is 0 Å². The highest BCUT2D eigenvalue weighted by atomic mass is 16.1. The molecule has 0 aliphatic rings. The van der Waals surface area contributed by atoms with Crippen LogP contribution < -0.4 is 0 Å². The summed E-state index contributed by atoms with van der Waals surface area (Å²) in [5.74, 6) is 0.0856. The Morgan fingerprint density at radius 1 is 1.35 bits per heavy atom. The number of nitrogens with zero attached hydrogens (tertiary/aromatic N) is 4. The highest BCUT2D eigenvalue weighted by molar-refractivity contribution is 5.99. The summed E-state index contributed by atoms with van der Waals surface area (Å²) in [4.78, 5) is 12.4. The van der Waals surface area contributed by atoms with Gasteiger partial charge in [0.1, 0.15) is 0 Å². The maximum atomic E-state index is 12.4. The zero-order chi connectivity index (χ0) is 14.9. The smallest absolute Gasteiger partial charge is 0.172 e. The quantitative estimate of drug-likeness (QED) is 0.788. The number of carbonyl (C=O) groups is 1. The molecule has 2 aromatic rings. The number of hydrogen-bond donors (Lipinski definition) is 0. The number of hydrogen-bond acceptors (Lipinski definition) is 3. The van der Waals surface area contributed by atoms with Crippen LogP contribution in [0.25, 0.3) is 0 Å². The first-order valence-corrected chi connectivity index (χ1v) is 7.01. The lowest BCUT2D eigenvalue weighted by Crippen LogP contribution is -2.09. The average Bonchev–Trinajstić information content (AvgIpc) is 2.94. The summed E-state index contributed by atoms with van der Waals surface area (Å²) < 4.78 is 3.67. The maximum Gasteiger partial charge on any atom is 0.172 e. The molecule has 1 unspecified atom stereocenters. The number of rotatable bonds is 5. The molecule has 0 radical (unpaired) electrons. The molecule has 108 valence electrons. The van der Waals surface area contributed by atoms with E-state index in [1.807, 2.05) is 37.8 Å². The fourth-order valence-electron chi connectivity index (χ4n) is 2.33. The van der Waals surface area contributed by atoms with Crippen LogP contribution in [0.1, 0.15) is 53.7 Å². The highest BCUT2D eigenvalue weighted by Gasteiger charge is 2.18. The van der Waals surface area contributed by atoms with E-state index in [4.69, 9.17) is 0 Å². The van der Waals surface area contributed by atoms with Gasteiger partial charge in [0.2, 0.25) is 0 Å². The lowest BCUT2D eigenvalue weighted by molar-refractivity contribution is 0.0990. The minimum atomic E-state index is 0.0856. The molecule has 5 heteroatoms. The summed E-state index contributed by atoms with van der Waals surface area (Å²) in [7, 11) is 1.86. The van der Waals surface area contributed by atoms with E-state index < -0.39 is 0 Å². The molecule has 0 aliphatic heterocycles. The number of aromatic nitrogens is 4. The van der Waals surface area contributed by atoms with Gasteiger partial charge in [0.25, 0.3) is 0 Å². The van der Waals surface area contributed by atoms with Gasteiger partial charge >= 0.3 is 0 Å². The normalized spacial score (nSPS) is 12.7. The molecule has 0 saturated carbocycles. The minimum absolute atomic E-state index is 0.0856. The van der Waals surface area contributed by atoms with Crippen molar-refractivity contribution < 1.29 is 4.79 Å². The van der Waals surface area contributed by atoms with E-state index in [1.54, 1.807) is 4.68 Å². The number of ketones is 1. The second kappa shape index (κ2) is 5.61. The molecule has 0 bridgehead atoms. The summed E-state index contributed by atoms with van der Waals surface area (Å²) in [6.45, 7) is 8.04.